The van der Waals surface area contributed by atoms with Crippen LogP contribution in [0.2, 0.25) is 0 Å². The number of fused-ring (bicyclic) bond motifs is 2. The molecule has 3 atom stereocenters. The van der Waals surface area contributed by atoms with Crippen molar-refractivity contribution in [2.24, 2.45) is 0 Å². The third-order valence-electron chi connectivity index (χ3n) is 3.73. The summed E-state index contributed by atoms with van der Waals surface area (Å²) < 4.78 is 36.0. The fourth-order valence-electron chi connectivity index (χ4n) is 2.61. The van der Waals surface area contributed by atoms with Crippen LogP contribution < -0.4 is 0 Å². The lowest BCUT2D eigenvalue weighted by molar-refractivity contribution is -0.140. The lowest BCUT2D eigenvalue weighted by Crippen LogP contribution is -2.42. The van der Waals surface area contributed by atoms with E-state index in [1.165, 1.54) is 18.5 Å². The second-order valence-corrected chi connectivity index (χ2v) is 7.10. The van der Waals surface area contributed by atoms with Gasteiger partial charge in [-0.3, -0.25) is 4.79 Å². The average Bonchev–Trinajstić information content (AvgIpc) is 2.97. The fraction of sp³-hybridized carbons (Fsp3) is 0.909. The number of sulfonamides is 1. The van der Waals surface area contributed by atoms with E-state index >= 15 is 0 Å². The number of nitrogens with zero attached hydrogens (tertiary/aromatic N) is 1. The van der Waals surface area contributed by atoms with Crippen molar-refractivity contribution in [1.29, 1.82) is 0 Å². The van der Waals surface area contributed by atoms with Crippen molar-refractivity contribution in [1.82, 2.24) is 4.31 Å². The van der Waals surface area contributed by atoms with Crippen molar-refractivity contribution >= 4 is 16.0 Å². The van der Waals surface area contributed by atoms with E-state index in [9.17, 15) is 13.2 Å². The van der Waals surface area contributed by atoms with Gasteiger partial charge in [0, 0.05) is 13.6 Å². The van der Waals surface area contributed by atoms with Gasteiger partial charge in [0.2, 0.25) is 10.0 Å². The molecular weight excluding hydrogens is 258 g/mol. The maximum Gasteiger partial charge on any atom is 0.306 e. The Bertz CT molecular complexity index is 421. The zero-order valence-electron chi connectivity index (χ0n) is 10.7. The number of rotatable bonds is 5. The van der Waals surface area contributed by atoms with E-state index in [-0.39, 0.29) is 25.2 Å². The van der Waals surface area contributed by atoms with Crippen LogP contribution in [0.15, 0.2) is 0 Å². The van der Waals surface area contributed by atoms with Crippen molar-refractivity contribution in [3.63, 3.8) is 0 Å². The molecule has 18 heavy (non-hydrogen) atoms. The molecule has 0 radical (unpaired) electrons. The molecule has 0 aromatic carbocycles. The first-order valence-corrected chi connectivity index (χ1v) is 7.63. The molecule has 0 aliphatic carbocycles. The second-order valence-electron chi connectivity index (χ2n) is 4.84. The predicted molar refractivity (Wildman–Crippen MR) is 64.5 cm³/mol. The van der Waals surface area contributed by atoms with Crippen molar-refractivity contribution in [2.45, 2.75) is 43.1 Å². The molecule has 0 spiro atoms. The third-order valence-corrected chi connectivity index (χ3v) is 6.04. The van der Waals surface area contributed by atoms with Crippen LogP contribution in [-0.2, 0) is 24.3 Å². The van der Waals surface area contributed by atoms with Crippen molar-refractivity contribution in [3.05, 3.63) is 0 Å². The quantitative estimate of drug-likeness (QED) is 0.668. The minimum atomic E-state index is -3.37. The van der Waals surface area contributed by atoms with E-state index in [0.29, 0.717) is 6.42 Å². The van der Waals surface area contributed by atoms with E-state index in [2.05, 4.69) is 4.74 Å². The molecule has 2 heterocycles. The highest BCUT2D eigenvalue weighted by Crippen LogP contribution is 2.38. The predicted octanol–water partition coefficient (Wildman–Crippen LogP) is 0.131. The molecule has 2 rings (SSSR count). The summed E-state index contributed by atoms with van der Waals surface area (Å²) in [5.41, 5.74) is 0. The molecular formula is C11H19NO5S. The minimum absolute atomic E-state index is 0.0773. The molecule has 2 saturated heterocycles. The van der Waals surface area contributed by atoms with Gasteiger partial charge in [0.05, 0.1) is 25.7 Å². The number of ether oxygens (including phenoxy) is 2. The molecule has 2 aliphatic heterocycles. The summed E-state index contributed by atoms with van der Waals surface area (Å²) in [6.45, 7) is 0.156. The molecule has 0 aromatic rings. The monoisotopic (exact) mass is 277 g/mol. The number of methoxy groups -OCH3 is 1. The topological polar surface area (TPSA) is 72.9 Å². The van der Waals surface area contributed by atoms with Gasteiger partial charge in [-0.25, -0.2) is 12.7 Å². The Hall–Kier alpha value is -0.660. The molecule has 0 N–H and O–H groups in total. The Morgan fingerprint density at radius 3 is 2.67 bits per heavy atom. The molecule has 0 saturated carbocycles. The number of hydrogen-bond donors (Lipinski definition) is 0. The van der Waals surface area contributed by atoms with Gasteiger partial charge < -0.3 is 9.47 Å². The van der Waals surface area contributed by atoms with Crippen LogP contribution in [0.3, 0.4) is 0 Å². The van der Waals surface area contributed by atoms with E-state index in [0.717, 1.165) is 12.8 Å². The zero-order chi connectivity index (χ0) is 13.3. The van der Waals surface area contributed by atoms with Gasteiger partial charge in [-0.05, 0) is 19.3 Å². The molecule has 7 heteroatoms. The smallest absolute Gasteiger partial charge is 0.306 e. The molecule has 104 valence electrons. The van der Waals surface area contributed by atoms with Gasteiger partial charge in [0.25, 0.3) is 0 Å². The first-order valence-electron chi connectivity index (χ1n) is 6.12. The van der Waals surface area contributed by atoms with E-state index in [1.807, 2.05) is 0 Å². The maximum absolute atomic E-state index is 12.3. The van der Waals surface area contributed by atoms with Gasteiger partial charge in [0.15, 0.2) is 0 Å². The number of carbonyl (C=O) groups excluding carboxylic acids is 1. The van der Waals surface area contributed by atoms with Gasteiger partial charge in [-0.2, -0.15) is 0 Å². The van der Waals surface area contributed by atoms with Crippen molar-refractivity contribution in [2.75, 3.05) is 20.7 Å². The Labute approximate surface area is 107 Å². The summed E-state index contributed by atoms with van der Waals surface area (Å²) in [6, 6.07) is 0. The molecule has 2 fully saturated rings. The van der Waals surface area contributed by atoms with Gasteiger partial charge in [-0.1, -0.05) is 0 Å². The lowest BCUT2D eigenvalue weighted by Gasteiger charge is -2.25. The standard InChI is InChI=1S/C11H19NO5S/c1-12(6-5-11(13)16-2)18(14,15)10-7-8-3-4-9(10)17-8/h8-10H,3-7H2,1-2H3. The Kier molecular flexibility index (Phi) is 3.93. The minimum Gasteiger partial charge on any atom is -0.469 e. The highest BCUT2D eigenvalue weighted by molar-refractivity contribution is 7.89. The fourth-order valence-corrected chi connectivity index (χ4v) is 4.46. The van der Waals surface area contributed by atoms with Crippen LogP contribution >= 0.6 is 0 Å². The highest BCUT2D eigenvalue weighted by Gasteiger charge is 2.48. The van der Waals surface area contributed by atoms with E-state index in [1.54, 1.807) is 0 Å². The van der Waals surface area contributed by atoms with Crippen molar-refractivity contribution in [3.8, 4) is 0 Å². The largest absolute Gasteiger partial charge is 0.469 e. The second kappa shape index (κ2) is 5.14. The number of carbonyl (C=O) groups is 1. The van der Waals surface area contributed by atoms with Crippen LogP contribution in [-0.4, -0.2) is 56.9 Å². The average molecular weight is 277 g/mol. The summed E-state index contributed by atoms with van der Waals surface area (Å²) in [5.74, 6) is -0.402. The summed E-state index contributed by atoms with van der Waals surface area (Å²) in [5, 5.41) is -0.445. The van der Waals surface area contributed by atoms with Gasteiger partial charge >= 0.3 is 5.97 Å². The summed E-state index contributed by atoms with van der Waals surface area (Å²) in [4.78, 5) is 11.0. The Morgan fingerprint density at radius 2 is 2.17 bits per heavy atom. The van der Waals surface area contributed by atoms with Gasteiger partial charge in [-0.15, -0.1) is 0 Å². The van der Waals surface area contributed by atoms with Crippen LogP contribution in [0.5, 0.6) is 0 Å². The molecule has 2 bridgehead atoms. The first-order chi connectivity index (χ1) is 8.45. The number of hydrogen-bond acceptors (Lipinski definition) is 5. The van der Waals surface area contributed by atoms with Crippen molar-refractivity contribution < 1.29 is 22.7 Å². The van der Waals surface area contributed by atoms with Crippen LogP contribution in [0.4, 0.5) is 0 Å². The first kappa shape index (κ1) is 13.8. The summed E-state index contributed by atoms with van der Waals surface area (Å²) in [6.07, 6.45) is 2.37. The van der Waals surface area contributed by atoms with E-state index < -0.39 is 21.2 Å². The van der Waals surface area contributed by atoms with Crippen LogP contribution in [0.25, 0.3) is 0 Å². The Balaban J connectivity index is 1.96. The maximum atomic E-state index is 12.3. The molecule has 0 aromatic heterocycles. The Morgan fingerprint density at radius 1 is 1.44 bits per heavy atom. The van der Waals surface area contributed by atoms with Crippen LogP contribution in [0, 0.1) is 0 Å². The summed E-state index contributed by atoms with van der Waals surface area (Å²) in [7, 11) is -0.576. The highest BCUT2D eigenvalue weighted by atomic mass is 32.2. The zero-order valence-corrected chi connectivity index (χ0v) is 11.5. The molecule has 2 aliphatic rings. The molecule has 3 unspecified atom stereocenters. The van der Waals surface area contributed by atoms with E-state index in [4.69, 9.17) is 4.74 Å². The summed E-state index contributed by atoms with van der Waals surface area (Å²) >= 11 is 0. The van der Waals surface area contributed by atoms with Crippen LogP contribution in [0.1, 0.15) is 25.7 Å². The SMILES string of the molecule is COC(=O)CCN(C)S(=O)(=O)C1CC2CCC1O2. The lowest BCUT2D eigenvalue weighted by atomic mass is 10.0. The number of esters is 1. The van der Waals surface area contributed by atoms with Gasteiger partial charge in [0.1, 0.15) is 5.25 Å². The third kappa shape index (κ3) is 2.53. The molecule has 0 amide bonds. The molecule has 6 nitrogen and oxygen atoms in total. The normalized spacial score (nSPS) is 30.9.